The van der Waals surface area contributed by atoms with Crippen LogP contribution >= 0.6 is 15.9 Å². The molecule has 0 bridgehead atoms. The second-order valence-corrected chi connectivity index (χ2v) is 5.37. The molecule has 3 N–H and O–H groups in total. The molecule has 4 heteroatoms. The van der Waals surface area contributed by atoms with E-state index in [2.05, 4.69) is 41.3 Å². The summed E-state index contributed by atoms with van der Waals surface area (Å²) in [7, 11) is 1.73. The van der Waals surface area contributed by atoms with Crippen LogP contribution in [0.4, 0.5) is 0 Å². The van der Waals surface area contributed by atoms with E-state index in [0.717, 1.165) is 10.9 Å². The van der Waals surface area contributed by atoms with Crippen LogP contribution in [-0.2, 0) is 11.2 Å². The lowest BCUT2D eigenvalue weighted by molar-refractivity contribution is 0.0332. The molecular weight excluding hydrogens is 280 g/mol. The highest BCUT2D eigenvalue weighted by Gasteiger charge is 2.24. The minimum absolute atomic E-state index is 0.104. The summed E-state index contributed by atoms with van der Waals surface area (Å²) in [4.78, 5) is 0. The molecule has 0 aromatic heterocycles. The SMILES string of the molecule is COC(C(C)C)C(Cc1ccccc1Br)NN. The zero-order valence-electron chi connectivity index (χ0n) is 10.6. The van der Waals surface area contributed by atoms with Gasteiger partial charge in [0, 0.05) is 11.6 Å². The van der Waals surface area contributed by atoms with E-state index in [1.807, 2.05) is 18.2 Å². The van der Waals surface area contributed by atoms with Gasteiger partial charge in [-0.2, -0.15) is 0 Å². The van der Waals surface area contributed by atoms with E-state index < -0.39 is 0 Å². The molecule has 96 valence electrons. The van der Waals surface area contributed by atoms with E-state index in [0.29, 0.717) is 5.92 Å². The lowest BCUT2D eigenvalue weighted by atomic mass is 9.94. The predicted octanol–water partition coefficient (Wildman–Crippen LogP) is 2.49. The lowest BCUT2D eigenvalue weighted by Gasteiger charge is -2.28. The number of benzene rings is 1. The van der Waals surface area contributed by atoms with Crippen molar-refractivity contribution in [2.75, 3.05) is 7.11 Å². The highest BCUT2D eigenvalue weighted by molar-refractivity contribution is 9.10. The molecular formula is C13H21BrN2O. The second-order valence-electron chi connectivity index (χ2n) is 4.51. The predicted molar refractivity (Wildman–Crippen MR) is 74.6 cm³/mol. The zero-order valence-corrected chi connectivity index (χ0v) is 12.2. The molecule has 1 aromatic rings. The van der Waals surface area contributed by atoms with Gasteiger partial charge in [-0.15, -0.1) is 0 Å². The van der Waals surface area contributed by atoms with Crippen LogP contribution in [0, 0.1) is 5.92 Å². The third-order valence-electron chi connectivity index (χ3n) is 2.94. The Morgan fingerprint density at radius 2 is 2.00 bits per heavy atom. The van der Waals surface area contributed by atoms with Crippen molar-refractivity contribution in [2.45, 2.75) is 32.4 Å². The summed E-state index contributed by atoms with van der Waals surface area (Å²) in [6, 6.07) is 8.29. The number of hydrogen-bond acceptors (Lipinski definition) is 3. The molecule has 1 aromatic carbocycles. The monoisotopic (exact) mass is 300 g/mol. The van der Waals surface area contributed by atoms with Gasteiger partial charge < -0.3 is 4.74 Å². The van der Waals surface area contributed by atoms with Crippen LogP contribution in [0.25, 0.3) is 0 Å². The normalized spacial score (nSPS) is 14.9. The second kappa shape index (κ2) is 7.11. The molecule has 0 fully saturated rings. The maximum Gasteiger partial charge on any atom is 0.0763 e. The number of ether oxygens (including phenoxy) is 1. The van der Waals surface area contributed by atoms with E-state index in [9.17, 15) is 0 Å². The molecule has 0 saturated heterocycles. The van der Waals surface area contributed by atoms with Gasteiger partial charge in [-0.25, -0.2) is 0 Å². The van der Waals surface area contributed by atoms with Gasteiger partial charge in [-0.05, 0) is 24.0 Å². The topological polar surface area (TPSA) is 47.3 Å². The maximum absolute atomic E-state index is 5.64. The zero-order chi connectivity index (χ0) is 12.8. The minimum atomic E-state index is 0.104. The van der Waals surface area contributed by atoms with Gasteiger partial charge in [-0.1, -0.05) is 48.0 Å². The average Bonchev–Trinajstić information content (AvgIpc) is 2.30. The van der Waals surface area contributed by atoms with Crippen LogP contribution in [0.5, 0.6) is 0 Å². The number of halogens is 1. The van der Waals surface area contributed by atoms with Gasteiger partial charge in [0.05, 0.1) is 12.1 Å². The largest absolute Gasteiger partial charge is 0.380 e. The third-order valence-corrected chi connectivity index (χ3v) is 3.71. The fourth-order valence-corrected chi connectivity index (χ4v) is 2.52. The Balaban J connectivity index is 2.79. The van der Waals surface area contributed by atoms with E-state index in [1.165, 1.54) is 5.56 Å². The Labute approximate surface area is 112 Å². The van der Waals surface area contributed by atoms with Gasteiger partial charge in [0.15, 0.2) is 0 Å². The molecule has 0 heterocycles. The van der Waals surface area contributed by atoms with E-state index in [1.54, 1.807) is 7.11 Å². The van der Waals surface area contributed by atoms with Crippen molar-refractivity contribution < 1.29 is 4.74 Å². The molecule has 2 unspecified atom stereocenters. The first kappa shape index (κ1) is 14.6. The standard InChI is InChI=1S/C13H21BrN2O/c1-9(2)13(17-3)12(16-15)8-10-6-4-5-7-11(10)14/h4-7,9,12-13,16H,8,15H2,1-3H3. The van der Waals surface area contributed by atoms with Crippen molar-refractivity contribution in [1.82, 2.24) is 5.43 Å². The van der Waals surface area contributed by atoms with Crippen LogP contribution < -0.4 is 11.3 Å². The van der Waals surface area contributed by atoms with Gasteiger partial charge >= 0.3 is 0 Å². The van der Waals surface area contributed by atoms with Gasteiger partial charge in [0.1, 0.15) is 0 Å². The smallest absolute Gasteiger partial charge is 0.0763 e. The summed E-state index contributed by atoms with van der Waals surface area (Å²) in [5.41, 5.74) is 4.10. The number of rotatable bonds is 6. The van der Waals surface area contributed by atoms with Crippen molar-refractivity contribution in [3.8, 4) is 0 Å². The maximum atomic E-state index is 5.64. The highest BCUT2D eigenvalue weighted by atomic mass is 79.9. The molecule has 2 atom stereocenters. The molecule has 17 heavy (non-hydrogen) atoms. The van der Waals surface area contributed by atoms with Crippen LogP contribution in [0.1, 0.15) is 19.4 Å². The summed E-state index contributed by atoms with van der Waals surface area (Å²) in [5.74, 6) is 6.06. The Morgan fingerprint density at radius 1 is 1.35 bits per heavy atom. The van der Waals surface area contributed by atoms with E-state index in [-0.39, 0.29) is 12.1 Å². The Bertz CT molecular complexity index is 344. The summed E-state index contributed by atoms with van der Waals surface area (Å²) in [5, 5.41) is 0. The minimum Gasteiger partial charge on any atom is -0.380 e. The van der Waals surface area contributed by atoms with Crippen molar-refractivity contribution in [3.05, 3.63) is 34.3 Å². The lowest BCUT2D eigenvalue weighted by Crippen LogP contribution is -2.48. The first-order valence-corrected chi connectivity index (χ1v) is 6.61. The molecule has 0 saturated carbocycles. The fraction of sp³-hybridized carbons (Fsp3) is 0.538. The highest BCUT2D eigenvalue weighted by Crippen LogP contribution is 2.20. The van der Waals surface area contributed by atoms with E-state index in [4.69, 9.17) is 10.6 Å². The van der Waals surface area contributed by atoms with E-state index >= 15 is 0 Å². The first-order valence-electron chi connectivity index (χ1n) is 5.82. The van der Waals surface area contributed by atoms with Crippen molar-refractivity contribution in [2.24, 2.45) is 11.8 Å². The average molecular weight is 301 g/mol. The Hall–Kier alpha value is -0.420. The summed E-state index contributed by atoms with van der Waals surface area (Å²) < 4.78 is 6.63. The molecule has 0 radical (unpaired) electrons. The van der Waals surface area contributed by atoms with Crippen molar-refractivity contribution >= 4 is 15.9 Å². The number of hydrogen-bond donors (Lipinski definition) is 2. The first-order chi connectivity index (χ1) is 8.10. The number of methoxy groups -OCH3 is 1. The number of hydrazine groups is 1. The molecule has 3 nitrogen and oxygen atoms in total. The van der Waals surface area contributed by atoms with Gasteiger partial charge in [0.2, 0.25) is 0 Å². The number of nitrogens with two attached hydrogens (primary N) is 1. The van der Waals surface area contributed by atoms with Gasteiger partial charge in [-0.3, -0.25) is 11.3 Å². The third kappa shape index (κ3) is 4.07. The van der Waals surface area contributed by atoms with Gasteiger partial charge in [0.25, 0.3) is 0 Å². The molecule has 0 aliphatic carbocycles. The summed E-state index contributed by atoms with van der Waals surface area (Å²) in [6.45, 7) is 4.27. The molecule has 0 aliphatic heterocycles. The van der Waals surface area contributed by atoms with Crippen LogP contribution in [-0.4, -0.2) is 19.3 Å². The molecule has 0 aliphatic rings. The van der Waals surface area contributed by atoms with Crippen LogP contribution in [0.3, 0.4) is 0 Å². The summed E-state index contributed by atoms with van der Waals surface area (Å²) >= 11 is 3.55. The molecule has 0 spiro atoms. The van der Waals surface area contributed by atoms with Crippen molar-refractivity contribution in [3.63, 3.8) is 0 Å². The number of nitrogens with one attached hydrogen (secondary N) is 1. The molecule has 0 amide bonds. The van der Waals surface area contributed by atoms with Crippen LogP contribution in [0.2, 0.25) is 0 Å². The Kier molecular flexibility index (Phi) is 6.12. The molecule has 1 rings (SSSR count). The summed E-state index contributed by atoms with van der Waals surface area (Å²) in [6.07, 6.45) is 0.946. The van der Waals surface area contributed by atoms with Crippen LogP contribution in [0.15, 0.2) is 28.7 Å². The quantitative estimate of drug-likeness (QED) is 0.627. The van der Waals surface area contributed by atoms with Crippen molar-refractivity contribution in [1.29, 1.82) is 0 Å². The fourth-order valence-electron chi connectivity index (χ4n) is 2.07. The Morgan fingerprint density at radius 3 is 2.47 bits per heavy atom.